The Kier molecular flexibility index (Phi) is 4.22. The molecule has 96 valence electrons. The third-order valence-corrected chi connectivity index (χ3v) is 3.64. The average molecular weight is 244 g/mol. The van der Waals surface area contributed by atoms with Crippen LogP contribution in [-0.2, 0) is 4.74 Å². The van der Waals surface area contributed by atoms with E-state index in [9.17, 15) is 0 Å². The first-order valence-electron chi connectivity index (χ1n) is 6.52. The second-order valence-corrected chi connectivity index (χ2v) is 4.93. The van der Waals surface area contributed by atoms with E-state index >= 15 is 0 Å². The standard InChI is InChI=1S/C15H20N2O/c1-12(14-6-7-14)17(8-9-18-2)15-5-3-4-13(10-15)11-16/h3-5,10,12,14H,6-9H2,1-2H3. The minimum absolute atomic E-state index is 0.522. The van der Waals surface area contributed by atoms with E-state index in [1.165, 1.54) is 12.8 Å². The normalized spacial score (nSPS) is 16.1. The average Bonchev–Trinajstić information content (AvgIpc) is 3.23. The molecular weight excluding hydrogens is 224 g/mol. The Bertz CT molecular complexity index is 434. The molecule has 0 N–H and O–H groups in total. The van der Waals surface area contributed by atoms with Crippen LogP contribution in [0.25, 0.3) is 0 Å². The molecule has 1 aliphatic carbocycles. The highest BCUT2D eigenvalue weighted by Gasteiger charge is 2.32. The van der Waals surface area contributed by atoms with Gasteiger partial charge >= 0.3 is 0 Å². The third kappa shape index (κ3) is 3.02. The Labute approximate surface area is 109 Å². The molecule has 3 nitrogen and oxygen atoms in total. The molecule has 2 rings (SSSR count). The highest BCUT2D eigenvalue weighted by Crippen LogP contribution is 2.36. The Morgan fingerprint density at radius 1 is 1.50 bits per heavy atom. The lowest BCUT2D eigenvalue weighted by molar-refractivity contribution is 0.202. The summed E-state index contributed by atoms with van der Waals surface area (Å²) < 4.78 is 5.19. The minimum Gasteiger partial charge on any atom is -0.383 e. The van der Waals surface area contributed by atoms with E-state index in [4.69, 9.17) is 10.00 Å². The van der Waals surface area contributed by atoms with E-state index in [0.717, 1.165) is 23.7 Å². The molecule has 1 aliphatic rings. The lowest BCUT2D eigenvalue weighted by Gasteiger charge is -2.31. The van der Waals surface area contributed by atoms with Crippen molar-refractivity contribution in [1.29, 1.82) is 5.26 Å². The zero-order valence-corrected chi connectivity index (χ0v) is 11.1. The second kappa shape index (κ2) is 5.88. The zero-order valence-electron chi connectivity index (χ0n) is 11.1. The fourth-order valence-corrected chi connectivity index (χ4v) is 2.34. The van der Waals surface area contributed by atoms with Gasteiger partial charge in [0.05, 0.1) is 18.2 Å². The summed E-state index contributed by atoms with van der Waals surface area (Å²) in [7, 11) is 1.73. The summed E-state index contributed by atoms with van der Waals surface area (Å²) in [4.78, 5) is 2.36. The number of rotatable bonds is 6. The van der Waals surface area contributed by atoms with Crippen molar-refractivity contribution in [3.05, 3.63) is 29.8 Å². The van der Waals surface area contributed by atoms with Crippen LogP contribution in [-0.4, -0.2) is 26.3 Å². The highest BCUT2D eigenvalue weighted by atomic mass is 16.5. The van der Waals surface area contributed by atoms with E-state index in [2.05, 4.69) is 24.0 Å². The predicted molar refractivity (Wildman–Crippen MR) is 72.6 cm³/mol. The molecule has 0 aromatic heterocycles. The van der Waals surface area contributed by atoms with Gasteiger partial charge in [-0.05, 0) is 43.9 Å². The van der Waals surface area contributed by atoms with Crippen LogP contribution in [0.3, 0.4) is 0 Å². The number of nitriles is 1. The summed E-state index contributed by atoms with van der Waals surface area (Å²) in [5.74, 6) is 0.799. The highest BCUT2D eigenvalue weighted by molar-refractivity contribution is 5.52. The van der Waals surface area contributed by atoms with Gasteiger partial charge in [0.25, 0.3) is 0 Å². The maximum absolute atomic E-state index is 8.99. The maximum Gasteiger partial charge on any atom is 0.0992 e. The van der Waals surface area contributed by atoms with Gasteiger partial charge in [0.1, 0.15) is 0 Å². The van der Waals surface area contributed by atoms with Crippen molar-refractivity contribution in [3.8, 4) is 6.07 Å². The summed E-state index contributed by atoms with van der Waals surface area (Å²) in [6, 6.07) is 10.6. The Balaban J connectivity index is 2.18. The lowest BCUT2D eigenvalue weighted by Crippen LogP contribution is -2.37. The monoisotopic (exact) mass is 244 g/mol. The molecule has 1 aromatic carbocycles. The molecule has 0 aliphatic heterocycles. The first-order chi connectivity index (χ1) is 8.76. The number of nitrogens with zero attached hydrogens (tertiary/aromatic N) is 2. The van der Waals surface area contributed by atoms with Crippen LogP contribution >= 0.6 is 0 Å². The van der Waals surface area contributed by atoms with Crippen LogP contribution in [0, 0.1) is 17.2 Å². The topological polar surface area (TPSA) is 36.3 Å². The van der Waals surface area contributed by atoms with Gasteiger partial charge in [-0.15, -0.1) is 0 Å². The van der Waals surface area contributed by atoms with Gasteiger partial charge in [-0.3, -0.25) is 0 Å². The van der Waals surface area contributed by atoms with Gasteiger partial charge in [0, 0.05) is 25.4 Å². The van der Waals surface area contributed by atoms with Crippen LogP contribution in [0.2, 0.25) is 0 Å². The molecule has 0 bridgehead atoms. The van der Waals surface area contributed by atoms with Crippen LogP contribution < -0.4 is 4.90 Å². The number of ether oxygens (including phenoxy) is 1. The Morgan fingerprint density at radius 2 is 2.28 bits per heavy atom. The fourth-order valence-electron chi connectivity index (χ4n) is 2.34. The van der Waals surface area contributed by atoms with E-state index in [-0.39, 0.29) is 0 Å². The molecule has 0 radical (unpaired) electrons. The molecule has 1 atom stereocenters. The van der Waals surface area contributed by atoms with Crippen molar-refractivity contribution in [2.24, 2.45) is 5.92 Å². The van der Waals surface area contributed by atoms with Crippen LogP contribution in [0.5, 0.6) is 0 Å². The van der Waals surface area contributed by atoms with Crippen molar-refractivity contribution >= 4 is 5.69 Å². The first kappa shape index (κ1) is 12.9. The van der Waals surface area contributed by atoms with Crippen LogP contribution in [0.15, 0.2) is 24.3 Å². The van der Waals surface area contributed by atoms with Gasteiger partial charge in [0.2, 0.25) is 0 Å². The SMILES string of the molecule is COCCN(c1cccc(C#N)c1)C(C)C1CC1. The van der Waals surface area contributed by atoms with Crippen molar-refractivity contribution in [3.63, 3.8) is 0 Å². The predicted octanol–water partition coefficient (Wildman–Crippen LogP) is 2.81. The molecule has 1 saturated carbocycles. The lowest BCUT2D eigenvalue weighted by atomic mass is 10.1. The second-order valence-electron chi connectivity index (χ2n) is 4.93. The molecule has 0 saturated heterocycles. The van der Waals surface area contributed by atoms with E-state index in [0.29, 0.717) is 12.6 Å². The summed E-state index contributed by atoms with van der Waals surface area (Å²) >= 11 is 0. The third-order valence-electron chi connectivity index (χ3n) is 3.64. The van der Waals surface area contributed by atoms with Crippen molar-refractivity contribution in [1.82, 2.24) is 0 Å². The van der Waals surface area contributed by atoms with Crippen molar-refractivity contribution in [2.45, 2.75) is 25.8 Å². The van der Waals surface area contributed by atoms with E-state index < -0.39 is 0 Å². The quantitative estimate of drug-likeness (QED) is 0.772. The van der Waals surface area contributed by atoms with E-state index in [1.807, 2.05) is 18.2 Å². The first-order valence-corrected chi connectivity index (χ1v) is 6.52. The number of hydrogen-bond acceptors (Lipinski definition) is 3. The molecule has 0 amide bonds. The zero-order chi connectivity index (χ0) is 13.0. The summed E-state index contributed by atoms with van der Waals surface area (Å²) in [5.41, 5.74) is 1.85. The largest absolute Gasteiger partial charge is 0.383 e. The maximum atomic E-state index is 8.99. The Hall–Kier alpha value is -1.53. The number of methoxy groups -OCH3 is 1. The van der Waals surface area contributed by atoms with Gasteiger partial charge < -0.3 is 9.64 Å². The smallest absolute Gasteiger partial charge is 0.0992 e. The molecular formula is C15H20N2O. The summed E-state index contributed by atoms with van der Waals surface area (Å²) in [6.07, 6.45) is 2.64. The van der Waals surface area contributed by atoms with Gasteiger partial charge in [-0.25, -0.2) is 0 Å². The summed E-state index contributed by atoms with van der Waals surface area (Å²) in [6.45, 7) is 3.86. The molecule has 3 heteroatoms. The van der Waals surface area contributed by atoms with Crippen molar-refractivity contribution < 1.29 is 4.74 Å². The Morgan fingerprint density at radius 3 is 2.89 bits per heavy atom. The molecule has 1 unspecified atom stereocenters. The summed E-state index contributed by atoms with van der Waals surface area (Å²) in [5, 5.41) is 8.99. The molecule has 0 heterocycles. The van der Waals surface area contributed by atoms with Crippen LogP contribution in [0.1, 0.15) is 25.3 Å². The van der Waals surface area contributed by atoms with Crippen LogP contribution in [0.4, 0.5) is 5.69 Å². The number of hydrogen-bond donors (Lipinski definition) is 0. The molecule has 0 spiro atoms. The van der Waals surface area contributed by atoms with Gasteiger partial charge in [-0.2, -0.15) is 5.26 Å². The fraction of sp³-hybridized carbons (Fsp3) is 0.533. The van der Waals surface area contributed by atoms with Crippen molar-refractivity contribution in [2.75, 3.05) is 25.2 Å². The molecule has 1 aromatic rings. The van der Waals surface area contributed by atoms with Gasteiger partial charge in [0.15, 0.2) is 0 Å². The number of anilines is 1. The number of benzene rings is 1. The van der Waals surface area contributed by atoms with Gasteiger partial charge in [-0.1, -0.05) is 6.07 Å². The molecule has 18 heavy (non-hydrogen) atoms. The molecule has 1 fully saturated rings. The minimum atomic E-state index is 0.522. The van der Waals surface area contributed by atoms with E-state index in [1.54, 1.807) is 7.11 Å².